The van der Waals surface area contributed by atoms with Crippen LogP contribution in [0.2, 0.25) is 0 Å². The number of hydrogen-bond acceptors (Lipinski definition) is 3. The van der Waals surface area contributed by atoms with E-state index in [2.05, 4.69) is 23.2 Å². The first-order valence-corrected chi connectivity index (χ1v) is 7.49. The first kappa shape index (κ1) is 13.5. The van der Waals surface area contributed by atoms with Gasteiger partial charge in [-0.15, -0.1) is 0 Å². The van der Waals surface area contributed by atoms with E-state index in [4.69, 9.17) is 0 Å². The normalized spacial score (nSPS) is 27.4. The van der Waals surface area contributed by atoms with E-state index in [0.717, 1.165) is 12.8 Å². The van der Waals surface area contributed by atoms with Gasteiger partial charge in [-0.05, 0) is 51.4 Å². The molecule has 0 heterocycles. The molecule has 2 aliphatic carbocycles. The van der Waals surface area contributed by atoms with E-state index in [0.29, 0.717) is 17.9 Å². The van der Waals surface area contributed by atoms with Gasteiger partial charge < -0.3 is 0 Å². The molecule has 0 saturated heterocycles. The Kier molecular flexibility index (Phi) is 4.37. The molecule has 0 aromatic rings. The molecule has 0 aliphatic heterocycles. The quantitative estimate of drug-likeness (QED) is 0.675. The topological polar surface area (TPSA) is 48.5 Å². The lowest BCUT2D eigenvalue weighted by molar-refractivity contribution is 0.344. The fraction of sp³-hybridized carbons (Fsp3) is 0.933. The Labute approximate surface area is 111 Å². The molecule has 0 bridgehead atoms. The summed E-state index contributed by atoms with van der Waals surface area (Å²) in [6.45, 7) is 4.12. The lowest BCUT2D eigenvalue weighted by Crippen LogP contribution is -2.29. The summed E-state index contributed by atoms with van der Waals surface area (Å²) in [5.41, 5.74) is -0.580. The van der Waals surface area contributed by atoms with Crippen LogP contribution in [0.1, 0.15) is 65.2 Å². The molecule has 2 aliphatic rings. The van der Waals surface area contributed by atoms with Crippen LogP contribution < -0.4 is 0 Å². The molecule has 100 valence electrons. The molecule has 2 rings (SSSR count). The van der Waals surface area contributed by atoms with Crippen LogP contribution in [0.4, 0.5) is 0 Å². The predicted molar refractivity (Wildman–Crippen MR) is 72.3 cm³/mol. The average Bonchev–Trinajstić information content (AvgIpc) is 3.06. The van der Waals surface area contributed by atoms with Crippen LogP contribution in [0.25, 0.3) is 0 Å². The summed E-state index contributed by atoms with van der Waals surface area (Å²) in [5.74, 6) is 1.11. The number of rotatable bonds is 4. The van der Waals surface area contributed by atoms with Gasteiger partial charge in [0.1, 0.15) is 0 Å². The maximum Gasteiger partial charge on any atom is 0.167 e. The average molecular weight is 247 g/mol. The van der Waals surface area contributed by atoms with E-state index < -0.39 is 5.54 Å². The summed E-state index contributed by atoms with van der Waals surface area (Å²) in [4.78, 5) is 0. The Morgan fingerprint density at radius 2 is 1.67 bits per heavy atom. The molecule has 0 N–H and O–H groups in total. The summed E-state index contributed by atoms with van der Waals surface area (Å²) in [6.07, 6.45) is 10.0. The molecule has 0 spiro atoms. The Morgan fingerprint density at radius 3 is 2.22 bits per heavy atom. The monoisotopic (exact) mass is 247 g/mol. The van der Waals surface area contributed by atoms with Crippen LogP contribution in [0.3, 0.4) is 0 Å². The molecule has 2 saturated carbocycles. The van der Waals surface area contributed by atoms with Gasteiger partial charge in [0.15, 0.2) is 5.54 Å². The second-order valence-electron chi connectivity index (χ2n) is 6.24. The number of hydrogen-bond donors (Lipinski definition) is 0. The molecule has 3 heteroatoms. The highest BCUT2D eigenvalue weighted by atomic mass is 15.2. The standard InChI is InChI=1S/C15H25N3/c1-12(13-7-3-4-8-13)17-18-15(2,11-16)14-9-5-6-10-14/h12-14H,3-10H2,1-2H3/b18-17+. The zero-order valence-electron chi connectivity index (χ0n) is 11.7. The maximum atomic E-state index is 9.42. The van der Waals surface area contributed by atoms with Gasteiger partial charge >= 0.3 is 0 Å². The Hall–Kier alpha value is -0.910. The molecule has 18 heavy (non-hydrogen) atoms. The van der Waals surface area contributed by atoms with Crippen molar-refractivity contribution in [2.45, 2.75) is 76.8 Å². The van der Waals surface area contributed by atoms with Crippen molar-refractivity contribution < 1.29 is 0 Å². The zero-order chi connectivity index (χ0) is 13.0. The van der Waals surface area contributed by atoms with Gasteiger partial charge in [-0.25, -0.2) is 0 Å². The van der Waals surface area contributed by atoms with Crippen molar-refractivity contribution in [1.82, 2.24) is 0 Å². The first-order valence-electron chi connectivity index (χ1n) is 7.49. The molecule has 2 atom stereocenters. The molecule has 0 aromatic heterocycles. The minimum absolute atomic E-state index is 0.293. The van der Waals surface area contributed by atoms with Gasteiger partial charge in [0.05, 0.1) is 12.1 Å². The van der Waals surface area contributed by atoms with Crippen LogP contribution in [-0.4, -0.2) is 11.6 Å². The van der Waals surface area contributed by atoms with Crippen molar-refractivity contribution in [2.75, 3.05) is 0 Å². The smallest absolute Gasteiger partial charge is 0.167 e. The van der Waals surface area contributed by atoms with Gasteiger partial charge in [-0.3, -0.25) is 0 Å². The molecular formula is C15H25N3. The minimum atomic E-state index is -0.580. The highest BCUT2D eigenvalue weighted by molar-refractivity contribution is 5.08. The molecule has 2 unspecified atom stereocenters. The minimum Gasteiger partial charge on any atom is -0.196 e. The number of azo groups is 1. The van der Waals surface area contributed by atoms with Crippen molar-refractivity contribution in [3.63, 3.8) is 0 Å². The maximum absolute atomic E-state index is 9.42. The van der Waals surface area contributed by atoms with E-state index in [1.165, 1.54) is 38.5 Å². The number of nitrogens with zero attached hydrogens (tertiary/aromatic N) is 3. The fourth-order valence-corrected chi connectivity index (χ4v) is 3.43. The summed E-state index contributed by atoms with van der Waals surface area (Å²) in [7, 11) is 0. The van der Waals surface area contributed by atoms with Gasteiger partial charge in [-0.1, -0.05) is 25.7 Å². The summed E-state index contributed by atoms with van der Waals surface area (Å²) in [6, 6.07) is 2.70. The molecule has 2 fully saturated rings. The van der Waals surface area contributed by atoms with Crippen molar-refractivity contribution in [2.24, 2.45) is 22.1 Å². The van der Waals surface area contributed by atoms with E-state index >= 15 is 0 Å². The highest BCUT2D eigenvalue weighted by Gasteiger charge is 2.37. The SMILES string of the molecule is CC(/N=N/C(C)(C#N)C1CCCC1)C1CCCC1. The summed E-state index contributed by atoms with van der Waals surface area (Å²) in [5, 5.41) is 18.4. The van der Waals surface area contributed by atoms with Crippen molar-refractivity contribution >= 4 is 0 Å². The van der Waals surface area contributed by atoms with Crippen LogP contribution in [0, 0.1) is 23.2 Å². The Balaban J connectivity index is 1.98. The molecular weight excluding hydrogens is 222 g/mol. The largest absolute Gasteiger partial charge is 0.196 e. The van der Waals surface area contributed by atoms with Crippen molar-refractivity contribution in [3.8, 4) is 6.07 Å². The van der Waals surface area contributed by atoms with Crippen LogP contribution in [0.15, 0.2) is 10.2 Å². The van der Waals surface area contributed by atoms with Gasteiger partial charge in [0.2, 0.25) is 0 Å². The van der Waals surface area contributed by atoms with Gasteiger partial charge in [-0.2, -0.15) is 15.5 Å². The van der Waals surface area contributed by atoms with Crippen molar-refractivity contribution in [3.05, 3.63) is 0 Å². The van der Waals surface area contributed by atoms with Gasteiger partial charge in [0, 0.05) is 0 Å². The third-order valence-electron chi connectivity index (χ3n) is 4.91. The summed E-state index contributed by atoms with van der Waals surface area (Å²) >= 11 is 0. The third kappa shape index (κ3) is 2.91. The van der Waals surface area contributed by atoms with Crippen LogP contribution in [-0.2, 0) is 0 Å². The van der Waals surface area contributed by atoms with Crippen LogP contribution in [0.5, 0.6) is 0 Å². The highest BCUT2D eigenvalue weighted by Crippen LogP contribution is 2.37. The zero-order valence-corrected chi connectivity index (χ0v) is 11.7. The first-order chi connectivity index (χ1) is 8.65. The third-order valence-corrected chi connectivity index (χ3v) is 4.91. The lowest BCUT2D eigenvalue weighted by Gasteiger charge is -2.23. The molecule has 0 radical (unpaired) electrons. The second-order valence-corrected chi connectivity index (χ2v) is 6.24. The van der Waals surface area contributed by atoms with E-state index in [9.17, 15) is 5.26 Å². The second kappa shape index (κ2) is 5.82. The molecule has 0 aromatic carbocycles. The molecule has 3 nitrogen and oxygen atoms in total. The van der Waals surface area contributed by atoms with E-state index in [-0.39, 0.29) is 0 Å². The van der Waals surface area contributed by atoms with Crippen molar-refractivity contribution in [1.29, 1.82) is 5.26 Å². The lowest BCUT2D eigenvalue weighted by atomic mass is 9.86. The fourth-order valence-electron chi connectivity index (χ4n) is 3.43. The van der Waals surface area contributed by atoms with E-state index in [1.54, 1.807) is 0 Å². The Bertz CT molecular complexity index is 332. The van der Waals surface area contributed by atoms with Crippen LogP contribution >= 0.6 is 0 Å². The number of nitriles is 1. The Morgan fingerprint density at radius 1 is 1.11 bits per heavy atom. The van der Waals surface area contributed by atoms with E-state index in [1.807, 2.05) is 6.92 Å². The van der Waals surface area contributed by atoms with Gasteiger partial charge in [0.25, 0.3) is 0 Å². The summed E-state index contributed by atoms with van der Waals surface area (Å²) < 4.78 is 0. The molecule has 0 amide bonds. The predicted octanol–water partition coefficient (Wildman–Crippen LogP) is 4.49.